The summed E-state index contributed by atoms with van der Waals surface area (Å²) in [5, 5.41) is 3.88. The lowest BCUT2D eigenvalue weighted by atomic mass is 10.2. The third-order valence-electron chi connectivity index (χ3n) is 3.35. The van der Waals surface area contributed by atoms with E-state index in [0.717, 1.165) is 12.0 Å². The molecule has 0 spiro atoms. The fourth-order valence-electron chi connectivity index (χ4n) is 1.86. The first-order valence-corrected chi connectivity index (χ1v) is 9.80. The Kier molecular flexibility index (Phi) is 8.77. The van der Waals surface area contributed by atoms with Gasteiger partial charge in [0, 0.05) is 12.3 Å². The van der Waals surface area contributed by atoms with Crippen LogP contribution < -0.4 is 9.99 Å². The van der Waals surface area contributed by atoms with Crippen LogP contribution in [0.1, 0.15) is 36.2 Å². The zero-order valence-electron chi connectivity index (χ0n) is 15.9. The summed E-state index contributed by atoms with van der Waals surface area (Å²) >= 11 is 0. The molecule has 0 aliphatic rings. The number of amides is 1. The van der Waals surface area contributed by atoms with E-state index in [0.29, 0.717) is 11.5 Å². The van der Waals surface area contributed by atoms with Crippen LogP contribution in [0.4, 0.5) is 0 Å². The van der Waals surface area contributed by atoms with Gasteiger partial charge in [0.15, 0.2) is 12.4 Å². The van der Waals surface area contributed by atoms with Crippen LogP contribution in [0.5, 0.6) is 0 Å². The number of nitrogens with zero attached hydrogens (tertiary/aromatic N) is 2. The number of carbonyl (C=O) groups is 1. The van der Waals surface area contributed by atoms with Crippen LogP contribution in [0.15, 0.2) is 58.8 Å². The molecule has 146 valence electrons. The number of aryl methyl sites for hydroxylation is 2. The monoisotopic (exact) mass is 391 g/mol. The molecule has 0 atom stereocenters. The topological polar surface area (TPSA) is 103 Å². The molecule has 1 aromatic heterocycles. The smallest absolute Gasteiger partial charge is 0.277 e. The van der Waals surface area contributed by atoms with Gasteiger partial charge in [-0.15, -0.1) is 0 Å². The van der Waals surface area contributed by atoms with E-state index in [1.165, 1.54) is 12.1 Å². The molecule has 1 N–H and O–H groups in total. The summed E-state index contributed by atoms with van der Waals surface area (Å²) in [5.74, 6) is 0.367. The van der Waals surface area contributed by atoms with Crippen molar-refractivity contribution in [2.24, 2.45) is 18.1 Å². The summed E-state index contributed by atoms with van der Waals surface area (Å²) in [7, 11) is -2.40. The first-order valence-electron chi connectivity index (χ1n) is 8.39. The number of aromatic nitrogens is 1. The number of hydrazone groups is 1. The van der Waals surface area contributed by atoms with Crippen LogP contribution in [-0.4, -0.2) is 25.1 Å². The fourth-order valence-corrected chi connectivity index (χ4v) is 2.33. The number of hydrogen-bond donors (Lipinski definition) is 1. The Bertz CT molecular complexity index is 876. The number of pyridine rings is 1. The first-order chi connectivity index (χ1) is 12.6. The average molecular weight is 391 g/mol. The van der Waals surface area contributed by atoms with Crippen molar-refractivity contribution in [2.45, 2.75) is 32.1 Å². The zero-order valence-corrected chi connectivity index (χ0v) is 16.7. The fraction of sp³-hybridized carbons (Fsp3) is 0.316. The van der Waals surface area contributed by atoms with Gasteiger partial charge in [0.25, 0.3) is 5.91 Å². The van der Waals surface area contributed by atoms with E-state index >= 15 is 0 Å². The Balaban J connectivity index is 0.000000289. The van der Waals surface area contributed by atoms with E-state index in [1.54, 1.807) is 30.6 Å². The average Bonchev–Trinajstić information content (AvgIpc) is 2.58. The quantitative estimate of drug-likeness (QED) is 0.365. The van der Waals surface area contributed by atoms with Crippen molar-refractivity contribution in [2.75, 3.05) is 0 Å². The van der Waals surface area contributed by atoms with Crippen molar-refractivity contribution < 1.29 is 22.3 Å². The van der Waals surface area contributed by atoms with Crippen LogP contribution in [0.3, 0.4) is 0 Å². The molecule has 0 saturated carbocycles. The second kappa shape index (κ2) is 10.5. The van der Waals surface area contributed by atoms with Crippen molar-refractivity contribution in [3.63, 3.8) is 0 Å². The molecule has 0 aliphatic heterocycles. The zero-order chi connectivity index (χ0) is 20.4. The second-order valence-electron chi connectivity index (χ2n) is 6.41. The second-order valence-corrected chi connectivity index (χ2v) is 7.79. The molecular weight excluding hydrogens is 366 g/mol. The minimum Gasteiger partial charge on any atom is -0.744 e. The van der Waals surface area contributed by atoms with Crippen molar-refractivity contribution in [3.8, 4) is 0 Å². The van der Waals surface area contributed by atoms with Crippen LogP contribution in [0, 0.1) is 12.8 Å². The van der Waals surface area contributed by atoms with Gasteiger partial charge in [-0.05, 0) is 37.5 Å². The minimum atomic E-state index is -4.27. The summed E-state index contributed by atoms with van der Waals surface area (Å²) < 4.78 is 33.0. The van der Waals surface area contributed by atoms with Gasteiger partial charge in [0.05, 0.1) is 4.90 Å². The maximum atomic E-state index is 11.6. The molecule has 0 bridgehead atoms. The number of carbonyl (C=O) groups excluding carboxylic acids is 1. The molecule has 1 aromatic carbocycles. The van der Waals surface area contributed by atoms with E-state index < -0.39 is 10.1 Å². The highest BCUT2D eigenvalue weighted by molar-refractivity contribution is 7.85. The van der Waals surface area contributed by atoms with Crippen molar-refractivity contribution in [1.82, 2.24) is 5.43 Å². The SMILES string of the molecule is CC(C)C/C=N/NC(=O)c1ccc[n+](C)c1.Cc1ccc(S(=O)(=O)[O-])cc1. The van der Waals surface area contributed by atoms with E-state index in [-0.39, 0.29) is 10.8 Å². The van der Waals surface area contributed by atoms with Gasteiger partial charge in [0.1, 0.15) is 22.7 Å². The predicted molar refractivity (Wildman–Crippen MR) is 102 cm³/mol. The molecule has 0 fully saturated rings. The lowest BCUT2D eigenvalue weighted by Crippen LogP contribution is -2.29. The van der Waals surface area contributed by atoms with Gasteiger partial charge in [-0.2, -0.15) is 5.10 Å². The third-order valence-corrected chi connectivity index (χ3v) is 4.20. The lowest BCUT2D eigenvalue weighted by molar-refractivity contribution is -0.671. The highest BCUT2D eigenvalue weighted by Crippen LogP contribution is 2.08. The molecule has 7 nitrogen and oxygen atoms in total. The molecule has 2 rings (SSSR count). The molecule has 1 amide bonds. The number of benzene rings is 1. The van der Waals surface area contributed by atoms with Gasteiger partial charge in [-0.1, -0.05) is 31.5 Å². The summed E-state index contributed by atoms with van der Waals surface area (Å²) in [5.41, 5.74) is 4.03. The molecule has 0 aliphatic carbocycles. The van der Waals surface area contributed by atoms with Gasteiger partial charge < -0.3 is 4.55 Å². The van der Waals surface area contributed by atoms with Crippen molar-refractivity contribution in [3.05, 3.63) is 59.9 Å². The van der Waals surface area contributed by atoms with E-state index in [1.807, 2.05) is 30.8 Å². The first kappa shape index (κ1) is 22.5. The third kappa shape index (κ3) is 9.07. The van der Waals surface area contributed by atoms with Crippen molar-refractivity contribution in [1.29, 1.82) is 0 Å². The number of nitrogens with one attached hydrogen (secondary N) is 1. The number of rotatable bonds is 5. The Morgan fingerprint density at radius 2 is 1.89 bits per heavy atom. The van der Waals surface area contributed by atoms with E-state index in [4.69, 9.17) is 0 Å². The van der Waals surface area contributed by atoms with E-state index in [2.05, 4.69) is 24.4 Å². The molecule has 0 saturated heterocycles. The molecule has 2 aromatic rings. The number of hydrogen-bond acceptors (Lipinski definition) is 5. The summed E-state index contributed by atoms with van der Waals surface area (Å²) in [6.45, 7) is 6.03. The molecule has 0 unspecified atom stereocenters. The van der Waals surface area contributed by atoms with E-state index in [9.17, 15) is 17.8 Å². The molecule has 0 radical (unpaired) electrons. The summed E-state index contributed by atoms with van der Waals surface area (Å²) in [6.07, 6.45) is 6.22. The largest absolute Gasteiger partial charge is 0.744 e. The van der Waals surface area contributed by atoms with Gasteiger partial charge in [-0.25, -0.2) is 18.4 Å². The predicted octanol–water partition coefficient (Wildman–Crippen LogP) is 2.17. The van der Waals surface area contributed by atoms with Crippen molar-refractivity contribution >= 4 is 22.2 Å². The normalized spacial score (nSPS) is 11.2. The Labute approximate surface area is 160 Å². The highest BCUT2D eigenvalue weighted by atomic mass is 32.2. The Hall–Kier alpha value is -2.58. The maximum absolute atomic E-state index is 11.6. The van der Waals surface area contributed by atoms with Crippen LogP contribution in [0.2, 0.25) is 0 Å². The lowest BCUT2D eigenvalue weighted by Gasteiger charge is -2.05. The van der Waals surface area contributed by atoms with Gasteiger partial charge in [0.2, 0.25) is 0 Å². The molecule has 27 heavy (non-hydrogen) atoms. The summed E-state index contributed by atoms with van der Waals surface area (Å²) in [4.78, 5) is 11.4. The standard InChI is InChI=1S/C12H17N3O.C7H8O3S/c1-10(2)6-7-13-14-12(16)11-5-4-8-15(3)9-11;1-6-2-4-7(5-3-6)11(8,9)10/h4-5,7-10H,6H2,1-3H3;2-5H,1H3,(H,8,9,10)/b13-7+;. The maximum Gasteiger partial charge on any atom is 0.277 e. The van der Waals surface area contributed by atoms with Gasteiger partial charge in [-0.3, -0.25) is 4.79 Å². The highest BCUT2D eigenvalue weighted by Gasteiger charge is 2.07. The molecule has 8 heteroatoms. The molecule has 1 heterocycles. The van der Waals surface area contributed by atoms with Crippen LogP contribution in [-0.2, 0) is 17.2 Å². The molecular formula is C19H25N3O4S. The Morgan fingerprint density at radius 3 is 2.41 bits per heavy atom. The minimum absolute atomic E-state index is 0.178. The van der Waals surface area contributed by atoms with Gasteiger partial charge >= 0.3 is 0 Å². The van der Waals surface area contributed by atoms with Crippen LogP contribution >= 0.6 is 0 Å². The Morgan fingerprint density at radius 1 is 1.26 bits per heavy atom. The van der Waals surface area contributed by atoms with Crippen LogP contribution in [0.25, 0.3) is 0 Å². The summed E-state index contributed by atoms with van der Waals surface area (Å²) in [6, 6.07) is 9.37.